The molecule has 0 aliphatic carbocycles. The summed E-state index contributed by atoms with van der Waals surface area (Å²) in [5.41, 5.74) is 1.41. The second kappa shape index (κ2) is 18.3. The summed E-state index contributed by atoms with van der Waals surface area (Å²) >= 11 is 0. The molecule has 382 valence electrons. The molecule has 0 N–H and O–H groups in total. The minimum Gasteiger partial charge on any atom is -0.309 e. The summed E-state index contributed by atoms with van der Waals surface area (Å²) in [5, 5.41) is 10.1. The van der Waals surface area contributed by atoms with Gasteiger partial charge in [-0.3, -0.25) is 0 Å². The van der Waals surface area contributed by atoms with Gasteiger partial charge in [0.15, 0.2) is 8.07 Å². The Hall–Kier alpha value is -10.5. The van der Waals surface area contributed by atoms with E-state index < -0.39 is 134 Å². The highest BCUT2D eigenvalue weighted by Crippen LogP contribution is 2.45. The van der Waals surface area contributed by atoms with Crippen LogP contribution in [0.2, 0.25) is 0 Å². The molecule has 3 aromatic heterocycles. The van der Waals surface area contributed by atoms with Crippen LogP contribution in [0.15, 0.2) is 309 Å². The van der Waals surface area contributed by atoms with Crippen molar-refractivity contribution in [1.29, 1.82) is 0 Å². The molecule has 0 atom stereocenters. The molecule has 3 nitrogen and oxygen atoms in total. The van der Waals surface area contributed by atoms with E-state index in [0.29, 0.717) is 16.5 Å². The molecule has 4 heteroatoms. The normalized spacial score (nSPS) is 15.6. The molecule has 0 saturated carbocycles. The van der Waals surface area contributed by atoms with E-state index in [0.717, 1.165) is 74.2 Å². The quantitative estimate of drug-likeness (QED) is 0.0818. The van der Waals surface area contributed by atoms with Crippen molar-refractivity contribution >= 4 is 127 Å². The van der Waals surface area contributed by atoms with Crippen molar-refractivity contribution in [2.75, 3.05) is 0 Å². The number of nitrogens with zero attached hydrogens (tertiary/aromatic N) is 3. The van der Waals surface area contributed by atoms with Crippen molar-refractivity contribution in [3.8, 4) is 28.2 Å². The van der Waals surface area contributed by atoms with Gasteiger partial charge in [0, 0.05) is 54.8 Å². The topological polar surface area (TPSA) is 14.8 Å². The molecule has 0 radical (unpaired) electrons. The van der Waals surface area contributed by atoms with Crippen molar-refractivity contribution in [3.63, 3.8) is 0 Å². The Balaban J connectivity index is 0.963. The minimum absolute atomic E-state index is 0.0879. The average Bonchev–Trinajstić information content (AvgIpc) is 1.52. The lowest BCUT2D eigenvalue weighted by Gasteiger charge is -2.35. The predicted octanol–water partition coefficient (Wildman–Crippen LogP) is 17.5. The zero-order valence-electron chi connectivity index (χ0n) is 63.2. The smallest absolute Gasteiger partial charge is 0.179 e. The van der Waals surface area contributed by atoms with Gasteiger partial charge >= 0.3 is 0 Å². The van der Waals surface area contributed by atoms with Crippen molar-refractivity contribution < 1.29 is 27.4 Å². The van der Waals surface area contributed by atoms with E-state index in [-0.39, 0.29) is 55.9 Å². The van der Waals surface area contributed by atoms with Crippen LogP contribution in [-0.4, -0.2) is 21.8 Å². The van der Waals surface area contributed by atoms with E-state index in [4.69, 9.17) is 16.4 Å². The van der Waals surface area contributed by atoms with Gasteiger partial charge in [0.25, 0.3) is 0 Å². The Morgan fingerprint density at radius 1 is 0.244 bits per heavy atom. The van der Waals surface area contributed by atoms with Crippen LogP contribution < -0.4 is 20.7 Å². The Kier molecular flexibility index (Phi) is 6.85. The molecule has 17 rings (SSSR count). The van der Waals surface area contributed by atoms with Crippen LogP contribution in [0.25, 0.3) is 126 Å². The maximum atomic E-state index is 10.3. The summed E-state index contributed by atoms with van der Waals surface area (Å²) in [4.78, 5) is 0. The van der Waals surface area contributed by atoms with Gasteiger partial charge in [-0.25, -0.2) is 0 Å². The second-order valence-corrected chi connectivity index (χ2v) is 24.2. The van der Waals surface area contributed by atoms with E-state index in [2.05, 4.69) is 89.5 Å². The fourth-order valence-electron chi connectivity index (χ4n) is 13.0. The summed E-state index contributed by atoms with van der Waals surface area (Å²) in [7, 11) is -3.44. The van der Waals surface area contributed by atoms with Gasteiger partial charge in [-0.05, 0) is 131 Å². The first-order valence-electron chi connectivity index (χ1n) is 36.8. The average molecular weight is 1080 g/mol. The first kappa shape index (κ1) is 30.7. The third-order valence-corrected chi connectivity index (χ3v) is 21.1. The van der Waals surface area contributed by atoms with Crippen LogP contribution in [-0.2, 0) is 0 Å². The summed E-state index contributed by atoms with van der Waals surface area (Å²) in [6.45, 7) is 0. The number of aromatic nitrogens is 3. The summed E-state index contributed by atoms with van der Waals surface area (Å²) in [6, 6.07) is 50.6. The van der Waals surface area contributed by atoms with Crippen LogP contribution in [0.5, 0.6) is 0 Å². The molecule has 0 unspecified atom stereocenters. The largest absolute Gasteiger partial charge is 0.309 e. The van der Waals surface area contributed by atoms with Crippen molar-refractivity contribution in [3.05, 3.63) is 309 Å². The Labute approximate surface area is 503 Å². The van der Waals surface area contributed by atoms with Gasteiger partial charge in [0.2, 0.25) is 0 Å². The monoisotopic (exact) mass is 1080 g/mol. The van der Waals surface area contributed by atoms with Crippen LogP contribution in [0.1, 0.15) is 27.4 Å². The molecule has 17 aromatic rings. The number of hydrogen-bond acceptors (Lipinski definition) is 0. The standard InChI is InChI=1S/C78H51N3Si/c1-4-21-52(22-5-1)53-23-20-28-60(49-53)82(57-24-6-2-7-25-57,58-26-8-3-9-27-58)59-43-39-54(40-44-59)79-75-47-42-56(51-70(75)78-76(79)48-45-68-63-31-11-10-29-61(63)62-30-12-13-35-67(62)77(68)78)81-73-38-19-16-34-66(73)69-50-55(41-46-74(69)81)80-71-36-17-14-32-64(71)65-33-15-18-37-72(65)80/h1-51H/i1D,4D,5D,14D,15D,16D,17D,18D,19D,21D,22D,32D,33D,34D,36D,37D,38D,41D,46D,50D. The van der Waals surface area contributed by atoms with E-state index in [1.165, 1.54) is 4.57 Å². The van der Waals surface area contributed by atoms with Gasteiger partial charge in [0.05, 0.1) is 60.5 Å². The van der Waals surface area contributed by atoms with E-state index >= 15 is 0 Å². The van der Waals surface area contributed by atoms with Crippen LogP contribution >= 0.6 is 0 Å². The molecule has 14 aromatic carbocycles. The molecule has 0 aliphatic rings. The number of para-hydroxylation sites is 3. The fourth-order valence-corrected chi connectivity index (χ4v) is 17.7. The summed E-state index contributed by atoms with van der Waals surface area (Å²) in [5.74, 6) is 0. The van der Waals surface area contributed by atoms with E-state index in [1.54, 1.807) is 12.1 Å². The molecular formula is C78H51N3Si. The molecule has 3 heterocycles. The lowest BCUT2D eigenvalue weighted by molar-refractivity contribution is 1.16. The molecule has 0 bridgehead atoms. The molecule has 0 aliphatic heterocycles. The van der Waals surface area contributed by atoms with E-state index in [9.17, 15) is 11.0 Å². The Morgan fingerprint density at radius 3 is 1.37 bits per heavy atom. The van der Waals surface area contributed by atoms with Crippen molar-refractivity contribution in [1.82, 2.24) is 13.7 Å². The number of hydrogen-bond donors (Lipinski definition) is 0. The Bertz CT molecular complexity index is 6450. The lowest BCUT2D eigenvalue weighted by atomic mass is 9.92. The van der Waals surface area contributed by atoms with Gasteiger partial charge in [-0.1, -0.05) is 236 Å². The predicted molar refractivity (Wildman–Crippen MR) is 351 cm³/mol. The van der Waals surface area contributed by atoms with Crippen LogP contribution in [0.4, 0.5) is 0 Å². The molecule has 82 heavy (non-hydrogen) atoms. The highest BCUT2D eigenvalue weighted by molar-refractivity contribution is 7.20. The van der Waals surface area contributed by atoms with Gasteiger partial charge in [-0.15, -0.1) is 0 Å². The zero-order chi connectivity index (χ0) is 71.3. The Morgan fingerprint density at radius 2 is 0.720 bits per heavy atom. The first-order chi connectivity index (χ1) is 49.0. The van der Waals surface area contributed by atoms with Crippen molar-refractivity contribution in [2.24, 2.45) is 0 Å². The highest BCUT2D eigenvalue weighted by Gasteiger charge is 2.41. The second-order valence-electron chi connectivity index (χ2n) is 20.4. The third kappa shape index (κ3) is 6.76. The minimum atomic E-state index is -3.44. The van der Waals surface area contributed by atoms with Gasteiger partial charge < -0.3 is 13.7 Å². The third-order valence-electron chi connectivity index (χ3n) is 16.3. The molecular weight excluding hydrogens is 1010 g/mol. The first-order valence-corrected chi connectivity index (χ1v) is 28.8. The molecule has 0 saturated heterocycles. The SMILES string of the molecule is [2H]c1c([2H])c([2H])c(-c2cccc([Si](c3ccccc3)(c3ccccc3)c3ccc(-n4c5ccc(-n6c7c([2H])c([2H])c([2H])c([2H])c7c7c([2H])c(-n8c9c([2H])c([2H])c([2H])c([2H])c9c9c([2H])c([2H])c([2H])c([2H])c98)c([2H])c([2H])c76)cc5c5c6c7ccccc7c7ccccc7c6ccc54)cc3)c2)c([2H])c1[2H]. The lowest BCUT2D eigenvalue weighted by Crippen LogP contribution is -2.74. The molecule has 0 amide bonds. The number of fused-ring (bicyclic) bond motifs is 16. The zero-order valence-corrected chi connectivity index (χ0v) is 44.2. The maximum Gasteiger partial charge on any atom is 0.179 e. The fraction of sp³-hybridized carbons (Fsp3) is 0. The van der Waals surface area contributed by atoms with Crippen LogP contribution in [0, 0.1) is 0 Å². The van der Waals surface area contributed by atoms with E-state index in [1.807, 2.05) is 91.0 Å². The summed E-state index contributed by atoms with van der Waals surface area (Å²) in [6.07, 6.45) is 0. The number of benzene rings is 14. The number of rotatable bonds is 8. The van der Waals surface area contributed by atoms with Crippen LogP contribution in [0.3, 0.4) is 0 Å². The van der Waals surface area contributed by atoms with Gasteiger partial charge in [-0.2, -0.15) is 0 Å². The highest BCUT2D eigenvalue weighted by atomic mass is 28.3. The van der Waals surface area contributed by atoms with Crippen molar-refractivity contribution in [2.45, 2.75) is 0 Å². The maximum absolute atomic E-state index is 10.3. The summed E-state index contributed by atoms with van der Waals surface area (Å²) < 4.78 is 188. The molecule has 0 spiro atoms. The molecule has 0 fully saturated rings. The van der Waals surface area contributed by atoms with Gasteiger partial charge in [0.1, 0.15) is 0 Å².